The number of nitrogens with one attached hydrogen (secondary N) is 1. The average molecular weight is 211 g/mol. The van der Waals surface area contributed by atoms with Gasteiger partial charge in [-0.25, -0.2) is 4.39 Å². The van der Waals surface area contributed by atoms with Crippen molar-refractivity contribution in [1.29, 1.82) is 0 Å². The lowest BCUT2D eigenvalue weighted by Gasteiger charge is -2.20. The third kappa shape index (κ3) is 3.88. The molecular weight excluding hydrogens is 193 g/mol. The predicted octanol–water partition coefficient (Wildman–Crippen LogP) is 2.72. The van der Waals surface area contributed by atoms with Crippen molar-refractivity contribution in [2.45, 2.75) is 32.9 Å². The van der Waals surface area contributed by atoms with Crippen LogP contribution in [0.5, 0.6) is 5.75 Å². The van der Waals surface area contributed by atoms with E-state index in [9.17, 15) is 4.39 Å². The minimum absolute atomic E-state index is 0.0572. The van der Waals surface area contributed by atoms with Crippen LogP contribution in [0.4, 0.5) is 4.39 Å². The van der Waals surface area contributed by atoms with E-state index in [1.54, 1.807) is 12.1 Å². The molecule has 1 aromatic carbocycles. The molecule has 0 heterocycles. The number of benzene rings is 1. The molecule has 0 aromatic heterocycles. The Bertz CT molecular complexity index is 331. The Kier molecular flexibility index (Phi) is 3.69. The van der Waals surface area contributed by atoms with Crippen molar-refractivity contribution < 1.29 is 9.13 Å². The molecule has 0 radical (unpaired) electrons. The zero-order valence-corrected chi connectivity index (χ0v) is 9.73. The van der Waals surface area contributed by atoms with E-state index in [4.69, 9.17) is 4.74 Å². The van der Waals surface area contributed by atoms with Crippen LogP contribution in [0.2, 0.25) is 0 Å². The van der Waals surface area contributed by atoms with Crippen molar-refractivity contribution in [1.82, 2.24) is 5.32 Å². The number of halogens is 1. The quantitative estimate of drug-likeness (QED) is 0.830. The Morgan fingerprint density at radius 2 is 2.00 bits per heavy atom. The van der Waals surface area contributed by atoms with Gasteiger partial charge < -0.3 is 10.1 Å². The lowest BCUT2D eigenvalue weighted by atomic mass is 10.1. The maximum atomic E-state index is 13.1. The lowest BCUT2D eigenvalue weighted by Crippen LogP contribution is -2.35. The van der Waals surface area contributed by atoms with E-state index in [0.717, 1.165) is 5.56 Å². The van der Waals surface area contributed by atoms with Crippen molar-refractivity contribution in [3.05, 3.63) is 29.6 Å². The van der Waals surface area contributed by atoms with Crippen LogP contribution in [-0.4, -0.2) is 12.6 Å². The van der Waals surface area contributed by atoms with Gasteiger partial charge in [0.05, 0.1) is 7.11 Å². The van der Waals surface area contributed by atoms with Gasteiger partial charge in [-0.2, -0.15) is 0 Å². The summed E-state index contributed by atoms with van der Waals surface area (Å²) in [5, 5.41) is 3.33. The van der Waals surface area contributed by atoms with Gasteiger partial charge in [0.2, 0.25) is 0 Å². The smallest absolute Gasteiger partial charge is 0.165 e. The van der Waals surface area contributed by atoms with Crippen molar-refractivity contribution in [2.24, 2.45) is 0 Å². The summed E-state index contributed by atoms with van der Waals surface area (Å²) in [6.45, 7) is 6.98. The highest BCUT2D eigenvalue weighted by atomic mass is 19.1. The van der Waals surface area contributed by atoms with E-state index in [1.165, 1.54) is 13.2 Å². The lowest BCUT2D eigenvalue weighted by molar-refractivity contribution is 0.384. The molecule has 15 heavy (non-hydrogen) atoms. The fraction of sp³-hybridized carbons (Fsp3) is 0.500. The summed E-state index contributed by atoms with van der Waals surface area (Å²) in [5.74, 6) is -0.0276. The van der Waals surface area contributed by atoms with Crippen LogP contribution in [0.3, 0.4) is 0 Å². The first-order valence-electron chi connectivity index (χ1n) is 5.00. The molecule has 0 aliphatic rings. The molecule has 0 bridgehead atoms. The summed E-state index contributed by atoms with van der Waals surface area (Å²) in [6, 6.07) is 4.91. The number of hydrogen-bond donors (Lipinski definition) is 1. The number of hydrogen-bond acceptors (Lipinski definition) is 2. The molecule has 3 heteroatoms. The largest absolute Gasteiger partial charge is 0.494 e. The second kappa shape index (κ2) is 4.62. The standard InChI is InChI=1S/C12H18FNO/c1-12(2,3)14-8-9-5-6-10(13)11(7-9)15-4/h5-7,14H,8H2,1-4H3. The Balaban J connectivity index is 2.70. The first-order chi connectivity index (χ1) is 6.92. The number of ether oxygens (including phenoxy) is 1. The highest BCUT2D eigenvalue weighted by Gasteiger charge is 2.09. The van der Waals surface area contributed by atoms with E-state index in [2.05, 4.69) is 26.1 Å². The van der Waals surface area contributed by atoms with Crippen LogP contribution in [0.1, 0.15) is 26.3 Å². The SMILES string of the molecule is COc1cc(CNC(C)(C)C)ccc1F. The summed E-state index contributed by atoms with van der Waals surface area (Å²) < 4.78 is 18.0. The normalized spacial score (nSPS) is 11.5. The highest BCUT2D eigenvalue weighted by molar-refractivity contribution is 5.30. The van der Waals surface area contributed by atoms with Gasteiger partial charge in [0.15, 0.2) is 11.6 Å². The maximum Gasteiger partial charge on any atom is 0.165 e. The van der Waals surface area contributed by atoms with Gasteiger partial charge in [-0.15, -0.1) is 0 Å². The number of methoxy groups -OCH3 is 1. The molecular formula is C12H18FNO. The molecule has 0 amide bonds. The molecule has 0 unspecified atom stereocenters. The second-order valence-corrected chi connectivity index (χ2v) is 4.57. The Hall–Kier alpha value is -1.09. The van der Waals surface area contributed by atoms with Gasteiger partial charge >= 0.3 is 0 Å². The molecule has 1 rings (SSSR count). The molecule has 2 nitrogen and oxygen atoms in total. The summed E-state index contributed by atoms with van der Waals surface area (Å²) >= 11 is 0. The van der Waals surface area contributed by atoms with Crippen LogP contribution >= 0.6 is 0 Å². The summed E-state index contributed by atoms with van der Waals surface area (Å²) in [6.07, 6.45) is 0. The molecule has 0 atom stereocenters. The minimum atomic E-state index is -0.322. The molecule has 1 N–H and O–H groups in total. The summed E-state index contributed by atoms with van der Waals surface area (Å²) in [4.78, 5) is 0. The van der Waals surface area contributed by atoms with Crippen LogP contribution in [0.25, 0.3) is 0 Å². The molecule has 0 saturated carbocycles. The third-order valence-corrected chi connectivity index (χ3v) is 2.04. The first-order valence-corrected chi connectivity index (χ1v) is 5.00. The third-order valence-electron chi connectivity index (χ3n) is 2.04. The fourth-order valence-corrected chi connectivity index (χ4v) is 1.18. The fourth-order valence-electron chi connectivity index (χ4n) is 1.18. The van der Waals surface area contributed by atoms with Crippen LogP contribution in [0, 0.1) is 5.82 Å². The molecule has 0 spiro atoms. The average Bonchev–Trinajstić information content (AvgIpc) is 2.15. The summed E-state index contributed by atoms with van der Waals surface area (Å²) in [5.41, 5.74) is 1.07. The van der Waals surface area contributed by atoms with Crippen LogP contribution < -0.4 is 10.1 Å². The maximum absolute atomic E-state index is 13.1. The van der Waals surface area contributed by atoms with Crippen molar-refractivity contribution in [2.75, 3.05) is 7.11 Å². The van der Waals surface area contributed by atoms with Crippen molar-refractivity contribution in [3.8, 4) is 5.75 Å². The van der Waals surface area contributed by atoms with E-state index >= 15 is 0 Å². The summed E-state index contributed by atoms with van der Waals surface area (Å²) in [7, 11) is 1.47. The van der Waals surface area contributed by atoms with Crippen molar-refractivity contribution >= 4 is 0 Å². The minimum Gasteiger partial charge on any atom is -0.494 e. The van der Waals surface area contributed by atoms with Gasteiger partial charge in [0.1, 0.15) is 0 Å². The Morgan fingerprint density at radius 3 is 2.53 bits per heavy atom. The van der Waals surface area contributed by atoms with Crippen LogP contribution in [0.15, 0.2) is 18.2 Å². The van der Waals surface area contributed by atoms with Gasteiger partial charge in [-0.05, 0) is 38.5 Å². The highest BCUT2D eigenvalue weighted by Crippen LogP contribution is 2.18. The monoisotopic (exact) mass is 211 g/mol. The van der Waals surface area contributed by atoms with E-state index in [-0.39, 0.29) is 11.4 Å². The molecule has 0 fully saturated rings. The molecule has 0 aliphatic carbocycles. The van der Waals surface area contributed by atoms with Crippen molar-refractivity contribution in [3.63, 3.8) is 0 Å². The van der Waals surface area contributed by atoms with Gasteiger partial charge in [0, 0.05) is 12.1 Å². The molecule has 0 saturated heterocycles. The first kappa shape index (κ1) is 12.0. The Labute approximate surface area is 90.4 Å². The molecule has 84 valence electrons. The second-order valence-electron chi connectivity index (χ2n) is 4.57. The topological polar surface area (TPSA) is 21.3 Å². The van der Waals surface area contributed by atoms with Crippen LogP contribution in [-0.2, 0) is 6.54 Å². The number of rotatable bonds is 3. The van der Waals surface area contributed by atoms with Gasteiger partial charge in [-0.3, -0.25) is 0 Å². The molecule has 0 aliphatic heterocycles. The van der Waals surface area contributed by atoms with E-state index in [0.29, 0.717) is 12.3 Å². The predicted molar refractivity (Wildman–Crippen MR) is 59.5 cm³/mol. The van der Waals surface area contributed by atoms with Gasteiger partial charge in [0.25, 0.3) is 0 Å². The van der Waals surface area contributed by atoms with Gasteiger partial charge in [-0.1, -0.05) is 6.07 Å². The zero-order valence-electron chi connectivity index (χ0n) is 9.73. The zero-order chi connectivity index (χ0) is 11.5. The Morgan fingerprint density at radius 1 is 1.33 bits per heavy atom. The molecule has 1 aromatic rings. The van der Waals surface area contributed by atoms with E-state index in [1.807, 2.05) is 0 Å². The van der Waals surface area contributed by atoms with E-state index < -0.39 is 0 Å².